The van der Waals surface area contributed by atoms with Crippen molar-refractivity contribution in [3.8, 4) is 0 Å². The first-order valence-corrected chi connectivity index (χ1v) is 5.84. The second-order valence-corrected chi connectivity index (χ2v) is 4.78. The predicted octanol–water partition coefficient (Wildman–Crippen LogP) is 4.28. The van der Waals surface area contributed by atoms with Gasteiger partial charge in [0.05, 0.1) is 5.56 Å². The highest BCUT2D eigenvalue weighted by Gasteiger charge is 2.35. The summed E-state index contributed by atoms with van der Waals surface area (Å²) in [5.41, 5.74) is 4.30. The van der Waals surface area contributed by atoms with Gasteiger partial charge in [-0.05, 0) is 30.9 Å². The van der Waals surface area contributed by atoms with E-state index in [2.05, 4.69) is 0 Å². The lowest BCUT2D eigenvalue weighted by atomic mass is 9.94. The molecule has 18 heavy (non-hydrogen) atoms. The molecule has 0 aliphatic carbocycles. The van der Waals surface area contributed by atoms with E-state index in [0.717, 1.165) is 18.2 Å². The summed E-state index contributed by atoms with van der Waals surface area (Å²) in [6, 6.07) is 2.01. The van der Waals surface area contributed by atoms with Crippen molar-refractivity contribution in [2.75, 3.05) is 0 Å². The van der Waals surface area contributed by atoms with Crippen LogP contribution in [0.3, 0.4) is 0 Å². The highest BCUT2D eigenvalue weighted by Crippen LogP contribution is 2.36. The van der Waals surface area contributed by atoms with Crippen molar-refractivity contribution in [1.29, 1.82) is 0 Å². The third-order valence-electron chi connectivity index (χ3n) is 2.78. The molecule has 0 saturated heterocycles. The Labute approximate surface area is 104 Å². The van der Waals surface area contributed by atoms with Crippen LogP contribution in [-0.4, -0.2) is 0 Å². The second kappa shape index (κ2) is 5.69. The van der Waals surface area contributed by atoms with E-state index in [0.29, 0.717) is 18.8 Å². The summed E-state index contributed by atoms with van der Waals surface area (Å²) >= 11 is 0. The van der Waals surface area contributed by atoms with Gasteiger partial charge in [0.15, 0.2) is 0 Å². The molecule has 1 rings (SSSR count). The van der Waals surface area contributed by atoms with Crippen molar-refractivity contribution in [1.82, 2.24) is 0 Å². The monoisotopic (exact) mass is 263 g/mol. The van der Waals surface area contributed by atoms with Crippen LogP contribution in [0.15, 0.2) is 18.2 Å². The molecular formula is C13H17F4N. The molecule has 0 aliphatic heterocycles. The van der Waals surface area contributed by atoms with E-state index in [1.807, 2.05) is 13.8 Å². The Bertz CT molecular complexity index is 398. The lowest BCUT2D eigenvalue weighted by Crippen LogP contribution is -2.19. The maximum atomic E-state index is 13.6. The van der Waals surface area contributed by atoms with Crippen LogP contribution in [0.4, 0.5) is 17.6 Å². The Morgan fingerprint density at radius 1 is 1.17 bits per heavy atom. The molecule has 0 saturated carbocycles. The summed E-state index contributed by atoms with van der Waals surface area (Å²) in [5.74, 6) is -0.571. The Morgan fingerprint density at radius 3 is 2.28 bits per heavy atom. The molecule has 0 aliphatic rings. The van der Waals surface area contributed by atoms with Gasteiger partial charge in [0, 0.05) is 11.6 Å². The average Bonchev–Trinajstić information content (AvgIpc) is 2.24. The molecule has 5 heteroatoms. The Hall–Kier alpha value is -1.10. The number of nitrogens with two attached hydrogens (primary N) is 1. The molecule has 0 fully saturated rings. The van der Waals surface area contributed by atoms with Gasteiger partial charge in [-0.3, -0.25) is 0 Å². The van der Waals surface area contributed by atoms with E-state index in [-0.39, 0.29) is 0 Å². The van der Waals surface area contributed by atoms with Crippen molar-refractivity contribution in [2.45, 2.75) is 38.9 Å². The van der Waals surface area contributed by atoms with Crippen LogP contribution in [0.1, 0.15) is 43.9 Å². The van der Waals surface area contributed by atoms with Gasteiger partial charge in [-0.15, -0.1) is 0 Å². The first kappa shape index (κ1) is 15.0. The molecule has 1 aromatic rings. The first-order valence-electron chi connectivity index (χ1n) is 5.84. The number of hydrogen-bond donors (Lipinski definition) is 1. The molecule has 0 aromatic heterocycles. The van der Waals surface area contributed by atoms with Gasteiger partial charge in [0.2, 0.25) is 0 Å². The van der Waals surface area contributed by atoms with Crippen LogP contribution >= 0.6 is 0 Å². The molecule has 0 radical (unpaired) electrons. The van der Waals surface area contributed by atoms with Crippen LogP contribution in [0.5, 0.6) is 0 Å². The van der Waals surface area contributed by atoms with E-state index in [1.165, 1.54) is 0 Å². The minimum absolute atomic E-state index is 0.317. The zero-order valence-corrected chi connectivity index (χ0v) is 10.4. The molecule has 1 atom stereocenters. The fourth-order valence-electron chi connectivity index (χ4n) is 1.82. The predicted molar refractivity (Wildman–Crippen MR) is 62.4 cm³/mol. The largest absolute Gasteiger partial charge is 0.416 e. The fourth-order valence-corrected chi connectivity index (χ4v) is 1.82. The molecule has 1 nitrogen and oxygen atoms in total. The maximum absolute atomic E-state index is 13.6. The molecule has 0 bridgehead atoms. The lowest BCUT2D eigenvalue weighted by molar-refractivity contribution is -0.138. The molecule has 0 heterocycles. The van der Waals surface area contributed by atoms with E-state index in [4.69, 9.17) is 5.73 Å². The van der Waals surface area contributed by atoms with Crippen LogP contribution in [0.2, 0.25) is 0 Å². The summed E-state index contributed by atoms with van der Waals surface area (Å²) in [7, 11) is 0. The fraction of sp³-hybridized carbons (Fsp3) is 0.538. The van der Waals surface area contributed by atoms with Gasteiger partial charge in [-0.1, -0.05) is 19.9 Å². The number of benzene rings is 1. The van der Waals surface area contributed by atoms with Gasteiger partial charge in [-0.2, -0.15) is 13.2 Å². The summed E-state index contributed by atoms with van der Waals surface area (Å²) in [6.45, 7) is 3.89. The van der Waals surface area contributed by atoms with Crippen molar-refractivity contribution >= 4 is 0 Å². The van der Waals surface area contributed by atoms with Crippen LogP contribution in [0, 0.1) is 11.7 Å². The van der Waals surface area contributed by atoms with Crippen LogP contribution < -0.4 is 5.73 Å². The van der Waals surface area contributed by atoms with E-state index in [9.17, 15) is 17.6 Å². The van der Waals surface area contributed by atoms with Crippen molar-refractivity contribution < 1.29 is 17.6 Å². The van der Waals surface area contributed by atoms with Gasteiger partial charge >= 0.3 is 6.18 Å². The number of rotatable bonds is 4. The third kappa shape index (κ3) is 3.70. The zero-order chi connectivity index (χ0) is 13.9. The molecule has 0 unspecified atom stereocenters. The minimum Gasteiger partial charge on any atom is -0.324 e. The minimum atomic E-state index is -4.58. The zero-order valence-electron chi connectivity index (χ0n) is 10.4. The Morgan fingerprint density at radius 2 is 1.78 bits per heavy atom. The highest BCUT2D eigenvalue weighted by atomic mass is 19.4. The van der Waals surface area contributed by atoms with Gasteiger partial charge < -0.3 is 5.73 Å². The molecule has 0 spiro atoms. The van der Waals surface area contributed by atoms with Crippen molar-refractivity contribution in [3.05, 3.63) is 35.1 Å². The summed E-state index contributed by atoms with van der Waals surface area (Å²) in [4.78, 5) is 0. The Kier molecular flexibility index (Phi) is 4.73. The standard InChI is InChI=1S/C13H17F4N/c1-8(2)6-7-11(18)12-9(13(15,16)17)4-3-5-10(12)14/h3-5,8,11H,6-7,18H2,1-2H3/t11-/m1/s1. The summed E-state index contributed by atoms with van der Waals surface area (Å²) in [6.07, 6.45) is -3.58. The number of halogens is 4. The van der Waals surface area contributed by atoms with Crippen LogP contribution in [0.25, 0.3) is 0 Å². The van der Waals surface area contributed by atoms with Gasteiger partial charge in [-0.25, -0.2) is 4.39 Å². The van der Waals surface area contributed by atoms with Gasteiger partial charge in [0.1, 0.15) is 5.82 Å². The van der Waals surface area contributed by atoms with E-state index >= 15 is 0 Å². The molecule has 0 amide bonds. The van der Waals surface area contributed by atoms with Gasteiger partial charge in [0.25, 0.3) is 0 Å². The second-order valence-electron chi connectivity index (χ2n) is 4.78. The average molecular weight is 263 g/mol. The van der Waals surface area contributed by atoms with E-state index in [1.54, 1.807) is 0 Å². The smallest absolute Gasteiger partial charge is 0.324 e. The molecule has 1 aromatic carbocycles. The quantitative estimate of drug-likeness (QED) is 0.806. The normalized spacial score (nSPS) is 14.0. The first-order chi connectivity index (χ1) is 8.23. The van der Waals surface area contributed by atoms with Crippen molar-refractivity contribution in [2.24, 2.45) is 11.7 Å². The highest BCUT2D eigenvalue weighted by molar-refractivity contribution is 5.33. The van der Waals surface area contributed by atoms with Crippen LogP contribution in [-0.2, 0) is 6.18 Å². The lowest BCUT2D eigenvalue weighted by Gasteiger charge is -2.19. The maximum Gasteiger partial charge on any atom is 0.416 e. The summed E-state index contributed by atoms with van der Waals surface area (Å²) < 4.78 is 51.9. The SMILES string of the molecule is CC(C)CC[C@@H](N)c1c(F)cccc1C(F)(F)F. The molecule has 102 valence electrons. The topological polar surface area (TPSA) is 26.0 Å². The Balaban J connectivity index is 3.06. The molecular weight excluding hydrogens is 246 g/mol. The number of alkyl halides is 3. The number of hydrogen-bond acceptors (Lipinski definition) is 1. The van der Waals surface area contributed by atoms with Crippen molar-refractivity contribution in [3.63, 3.8) is 0 Å². The molecule has 2 N–H and O–H groups in total. The summed E-state index contributed by atoms with van der Waals surface area (Å²) in [5, 5.41) is 0. The van der Waals surface area contributed by atoms with E-state index < -0.39 is 29.2 Å². The third-order valence-corrected chi connectivity index (χ3v) is 2.78.